The molecule has 0 atom stereocenters. The number of halogens is 1. The van der Waals surface area contributed by atoms with Crippen molar-refractivity contribution in [2.24, 2.45) is 0 Å². The molecule has 0 unspecified atom stereocenters. The molecule has 0 aromatic heterocycles. The van der Waals surface area contributed by atoms with E-state index in [4.69, 9.17) is 4.74 Å². The van der Waals surface area contributed by atoms with Gasteiger partial charge in [-0.2, -0.15) is 4.31 Å². The standard InChI is InChI=1S/C15H21FN2O5S/c1-15(2,10-19)17-14(20)12-9-11(3-4-13(12)16)24(21,22)18-5-7-23-8-6-18/h3-4,9,19H,5-8,10H2,1-2H3,(H,17,20). The van der Waals surface area contributed by atoms with E-state index in [1.807, 2.05) is 0 Å². The highest BCUT2D eigenvalue weighted by molar-refractivity contribution is 7.89. The van der Waals surface area contributed by atoms with Crippen LogP contribution >= 0.6 is 0 Å². The lowest BCUT2D eigenvalue weighted by atomic mass is 10.1. The van der Waals surface area contributed by atoms with Crippen LogP contribution in [-0.4, -0.2) is 62.2 Å². The molecular weight excluding hydrogens is 339 g/mol. The molecule has 1 fully saturated rings. The first kappa shape index (κ1) is 18.8. The van der Waals surface area contributed by atoms with Gasteiger partial charge in [0.05, 0.1) is 35.8 Å². The number of carbonyl (C=O) groups is 1. The predicted octanol–water partition coefficient (Wildman–Crippen LogP) is 0.347. The molecular formula is C15H21FN2O5S. The van der Waals surface area contributed by atoms with Gasteiger partial charge in [-0.1, -0.05) is 0 Å². The number of aliphatic hydroxyl groups is 1. The molecule has 0 bridgehead atoms. The number of hydrogen-bond donors (Lipinski definition) is 2. The maximum absolute atomic E-state index is 14.0. The normalized spacial score (nSPS) is 16.8. The van der Waals surface area contributed by atoms with Crippen molar-refractivity contribution in [1.29, 1.82) is 0 Å². The maximum atomic E-state index is 14.0. The minimum atomic E-state index is -3.83. The van der Waals surface area contributed by atoms with Gasteiger partial charge in [0.2, 0.25) is 10.0 Å². The van der Waals surface area contributed by atoms with Gasteiger partial charge in [-0.25, -0.2) is 12.8 Å². The fraction of sp³-hybridized carbons (Fsp3) is 0.533. The second-order valence-electron chi connectivity index (χ2n) is 6.15. The van der Waals surface area contributed by atoms with Crippen molar-refractivity contribution in [3.8, 4) is 0 Å². The summed E-state index contributed by atoms with van der Waals surface area (Å²) in [4.78, 5) is 12.0. The Labute approximate surface area is 140 Å². The van der Waals surface area contributed by atoms with Crippen molar-refractivity contribution in [2.75, 3.05) is 32.9 Å². The summed E-state index contributed by atoms with van der Waals surface area (Å²) < 4.78 is 45.5. The minimum absolute atomic E-state index is 0.155. The van der Waals surface area contributed by atoms with Crippen LogP contribution in [0.25, 0.3) is 0 Å². The zero-order valence-electron chi connectivity index (χ0n) is 13.6. The zero-order chi connectivity index (χ0) is 18.0. The van der Waals surface area contributed by atoms with Gasteiger partial charge >= 0.3 is 0 Å². The van der Waals surface area contributed by atoms with Crippen LogP contribution in [0.1, 0.15) is 24.2 Å². The summed E-state index contributed by atoms with van der Waals surface area (Å²) in [5.41, 5.74) is -1.34. The van der Waals surface area contributed by atoms with E-state index >= 15 is 0 Å². The second kappa shape index (κ2) is 7.14. The smallest absolute Gasteiger partial charge is 0.254 e. The molecule has 7 nitrogen and oxygen atoms in total. The van der Waals surface area contributed by atoms with Crippen LogP contribution in [0.2, 0.25) is 0 Å². The molecule has 9 heteroatoms. The van der Waals surface area contributed by atoms with Crippen molar-refractivity contribution < 1.29 is 27.4 Å². The summed E-state index contributed by atoms with van der Waals surface area (Å²) in [6.45, 7) is 3.79. The molecule has 2 N–H and O–H groups in total. The molecule has 1 saturated heterocycles. The molecule has 1 aromatic carbocycles. The maximum Gasteiger partial charge on any atom is 0.254 e. The Balaban J connectivity index is 2.32. The Hall–Kier alpha value is -1.55. The van der Waals surface area contributed by atoms with Crippen molar-refractivity contribution in [3.63, 3.8) is 0 Å². The number of nitrogens with zero attached hydrogens (tertiary/aromatic N) is 1. The molecule has 24 heavy (non-hydrogen) atoms. The van der Waals surface area contributed by atoms with Crippen LogP contribution in [0, 0.1) is 5.82 Å². The van der Waals surface area contributed by atoms with E-state index in [1.54, 1.807) is 13.8 Å². The predicted molar refractivity (Wildman–Crippen MR) is 84.6 cm³/mol. The first-order chi connectivity index (χ1) is 11.2. The molecule has 1 amide bonds. The van der Waals surface area contributed by atoms with Crippen molar-refractivity contribution in [3.05, 3.63) is 29.6 Å². The van der Waals surface area contributed by atoms with Gasteiger partial charge in [-0.3, -0.25) is 4.79 Å². The Bertz CT molecular complexity index is 715. The number of carbonyl (C=O) groups excluding carboxylic acids is 1. The number of rotatable bonds is 5. The van der Waals surface area contributed by atoms with Gasteiger partial charge in [0, 0.05) is 13.1 Å². The van der Waals surface area contributed by atoms with Crippen molar-refractivity contribution in [1.82, 2.24) is 9.62 Å². The van der Waals surface area contributed by atoms with Crippen molar-refractivity contribution in [2.45, 2.75) is 24.3 Å². The van der Waals surface area contributed by atoms with E-state index in [-0.39, 0.29) is 30.2 Å². The third kappa shape index (κ3) is 4.10. The zero-order valence-corrected chi connectivity index (χ0v) is 14.4. The van der Waals surface area contributed by atoms with E-state index in [1.165, 1.54) is 4.31 Å². The number of benzene rings is 1. The monoisotopic (exact) mass is 360 g/mol. The minimum Gasteiger partial charge on any atom is -0.394 e. The van der Waals surface area contributed by atoms with Gasteiger partial charge in [-0.05, 0) is 32.0 Å². The van der Waals surface area contributed by atoms with Crippen LogP contribution in [0.3, 0.4) is 0 Å². The van der Waals surface area contributed by atoms with Crippen LogP contribution in [0.15, 0.2) is 23.1 Å². The molecule has 134 valence electrons. The molecule has 1 aromatic rings. The fourth-order valence-electron chi connectivity index (χ4n) is 2.19. The van der Waals surface area contributed by atoms with Crippen LogP contribution < -0.4 is 5.32 Å². The van der Waals surface area contributed by atoms with Gasteiger partial charge in [-0.15, -0.1) is 0 Å². The molecule has 0 aliphatic carbocycles. The van der Waals surface area contributed by atoms with Gasteiger partial charge in [0.15, 0.2) is 0 Å². The van der Waals surface area contributed by atoms with Crippen LogP contribution in [0.4, 0.5) is 4.39 Å². The van der Waals surface area contributed by atoms with Gasteiger partial charge < -0.3 is 15.2 Å². The lowest BCUT2D eigenvalue weighted by molar-refractivity contribution is 0.0730. The van der Waals surface area contributed by atoms with Crippen LogP contribution in [0.5, 0.6) is 0 Å². The Kier molecular flexibility index (Phi) is 5.59. The number of nitrogens with one attached hydrogen (secondary N) is 1. The summed E-state index contributed by atoms with van der Waals surface area (Å²) >= 11 is 0. The summed E-state index contributed by atoms with van der Waals surface area (Å²) in [6, 6.07) is 3.10. The SMILES string of the molecule is CC(C)(CO)NC(=O)c1cc(S(=O)(=O)N2CCOCC2)ccc1F. The average molecular weight is 360 g/mol. The fourth-order valence-corrected chi connectivity index (χ4v) is 3.62. The summed E-state index contributed by atoms with van der Waals surface area (Å²) in [6.07, 6.45) is 0. The van der Waals surface area contributed by atoms with Crippen LogP contribution in [-0.2, 0) is 14.8 Å². The second-order valence-corrected chi connectivity index (χ2v) is 8.09. The Morgan fingerprint density at radius 2 is 2.00 bits per heavy atom. The topological polar surface area (TPSA) is 95.9 Å². The lowest BCUT2D eigenvalue weighted by Crippen LogP contribution is -2.46. The Morgan fingerprint density at radius 3 is 2.58 bits per heavy atom. The van der Waals surface area contributed by atoms with Crippen molar-refractivity contribution >= 4 is 15.9 Å². The molecule has 0 saturated carbocycles. The number of aliphatic hydroxyl groups excluding tert-OH is 1. The van der Waals surface area contributed by atoms with E-state index in [0.717, 1.165) is 18.2 Å². The highest BCUT2D eigenvalue weighted by Gasteiger charge is 2.29. The van der Waals surface area contributed by atoms with E-state index in [9.17, 15) is 22.7 Å². The number of hydrogen-bond acceptors (Lipinski definition) is 5. The number of amides is 1. The summed E-state index contributed by atoms with van der Waals surface area (Å²) in [5, 5.41) is 11.7. The van der Waals surface area contributed by atoms with E-state index in [2.05, 4.69) is 5.32 Å². The molecule has 1 aliphatic heterocycles. The lowest BCUT2D eigenvalue weighted by Gasteiger charge is -2.26. The molecule has 2 rings (SSSR count). The molecule has 1 heterocycles. The van der Waals surface area contributed by atoms with E-state index < -0.39 is 27.3 Å². The number of morpholine rings is 1. The summed E-state index contributed by atoms with van der Waals surface area (Å²) in [7, 11) is -3.83. The number of ether oxygens (including phenoxy) is 1. The third-order valence-corrected chi connectivity index (χ3v) is 5.53. The number of sulfonamides is 1. The van der Waals surface area contributed by atoms with Gasteiger partial charge in [0.1, 0.15) is 5.82 Å². The highest BCUT2D eigenvalue weighted by atomic mass is 32.2. The highest BCUT2D eigenvalue weighted by Crippen LogP contribution is 2.20. The average Bonchev–Trinajstić information content (AvgIpc) is 2.55. The first-order valence-electron chi connectivity index (χ1n) is 7.48. The molecule has 0 spiro atoms. The van der Waals surface area contributed by atoms with Gasteiger partial charge in [0.25, 0.3) is 5.91 Å². The largest absolute Gasteiger partial charge is 0.394 e. The van der Waals surface area contributed by atoms with E-state index in [0.29, 0.717) is 13.2 Å². The molecule has 0 radical (unpaired) electrons. The third-order valence-electron chi connectivity index (χ3n) is 3.64. The quantitative estimate of drug-likeness (QED) is 0.790. The molecule has 1 aliphatic rings. The summed E-state index contributed by atoms with van der Waals surface area (Å²) in [5.74, 6) is -1.62. The first-order valence-corrected chi connectivity index (χ1v) is 8.92. The Morgan fingerprint density at radius 1 is 1.38 bits per heavy atom.